The average molecular weight is 495 g/mol. The minimum Gasteiger partial charge on any atom is -0.368 e. The van der Waals surface area contributed by atoms with Gasteiger partial charge in [0.2, 0.25) is 5.03 Å². The van der Waals surface area contributed by atoms with Crippen molar-refractivity contribution in [2.45, 2.75) is 24.9 Å². The maximum atomic E-state index is 13.5. The highest BCUT2D eigenvalue weighted by atomic mass is 35.5. The highest BCUT2D eigenvalue weighted by Crippen LogP contribution is 2.28. The van der Waals surface area contributed by atoms with E-state index in [0.717, 1.165) is 18.8 Å². The van der Waals surface area contributed by atoms with E-state index in [1.807, 2.05) is 24.3 Å². The Morgan fingerprint density at radius 1 is 1.00 bits per heavy atom. The van der Waals surface area contributed by atoms with E-state index in [4.69, 9.17) is 11.6 Å². The largest absolute Gasteiger partial charge is 0.368 e. The second-order valence-corrected chi connectivity index (χ2v) is 11.0. The second-order valence-electron chi connectivity index (χ2n) is 8.79. The van der Waals surface area contributed by atoms with Crippen molar-refractivity contribution in [2.24, 2.45) is 7.05 Å². The number of piperazine rings is 2. The van der Waals surface area contributed by atoms with Gasteiger partial charge < -0.3 is 9.80 Å². The summed E-state index contributed by atoms with van der Waals surface area (Å²) in [5.74, 6) is -0.278. The molecule has 2 fully saturated rings. The lowest BCUT2D eigenvalue weighted by Crippen LogP contribution is -2.51. The van der Waals surface area contributed by atoms with Crippen LogP contribution in [0, 0.1) is 0 Å². The van der Waals surface area contributed by atoms with Crippen molar-refractivity contribution in [3.8, 4) is 0 Å². The normalized spacial score (nSPS) is 18.8. The summed E-state index contributed by atoms with van der Waals surface area (Å²) < 4.78 is 29.8. The molecular weight excluding hydrogens is 464 g/mol. The Morgan fingerprint density at radius 2 is 1.64 bits per heavy atom. The zero-order valence-electron chi connectivity index (χ0n) is 19.3. The van der Waals surface area contributed by atoms with Crippen molar-refractivity contribution in [3.05, 3.63) is 41.0 Å². The first-order chi connectivity index (χ1) is 15.7. The maximum absolute atomic E-state index is 13.5. The van der Waals surface area contributed by atoms with E-state index in [1.54, 1.807) is 11.9 Å². The van der Waals surface area contributed by atoms with Crippen LogP contribution in [-0.4, -0.2) is 96.6 Å². The number of carbonyl (C=O) groups is 1. The zero-order chi connectivity index (χ0) is 23.8. The molecule has 2 saturated heterocycles. The Balaban J connectivity index is 1.49. The van der Waals surface area contributed by atoms with Crippen molar-refractivity contribution in [2.75, 3.05) is 57.3 Å². The molecule has 1 aromatic carbocycles. The first kappa shape index (κ1) is 24.0. The summed E-state index contributed by atoms with van der Waals surface area (Å²) >= 11 is 6.31. The molecule has 0 unspecified atom stereocenters. The number of sulfonamides is 1. The number of para-hydroxylation sites is 1. The van der Waals surface area contributed by atoms with Gasteiger partial charge in [-0.2, -0.15) is 9.40 Å². The molecule has 0 bridgehead atoms. The van der Waals surface area contributed by atoms with Crippen LogP contribution in [0.15, 0.2) is 35.5 Å². The van der Waals surface area contributed by atoms with Crippen LogP contribution in [0.1, 0.15) is 24.2 Å². The number of anilines is 1. The van der Waals surface area contributed by atoms with Crippen molar-refractivity contribution in [1.82, 2.24) is 23.9 Å². The van der Waals surface area contributed by atoms with Gasteiger partial charge in [0.15, 0.2) is 0 Å². The summed E-state index contributed by atoms with van der Waals surface area (Å²) in [5.41, 5.74) is 1.04. The second kappa shape index (κ2) is 9.61. The van der Waals surface area contributed by atoms with Gasteiger partial charge in [-0.05, 0) is 26.0 Å². The van der Waals surface area contributed by atoms with Gasteiger partial charge in [-0.15, -0.1) is 0 Å². The van der Waals surface area contributed by atoms with E-state index in [2.05, 4.69) is 28.7 Å². The van der Waals surface area contributed by atoms with E-state index in [1.165, 1.54) is 15.2 Å². The third kappa shape index (κ3) is 4.89. The number of carbonyl (C=O) groups excluding carboxylic acids is 1. The van der Waals surface area contributed by atoms with Crippen molar-refractivity contribution in [3.63, 3.8) is 0 Å². The summed E-state index contributed by atoms with van der Waals surface area (Å²) in [5, 5.41) is 4.69. The standard InChI is InChI=1S/C22H31ClN6O3S/c1-17(2)26-8-10-28(11-9-26)22(30)18-16-25(3)24-21(18)33(31,32)29-14-12-27(13-15-29)20-7-5-4-6-19(20)23/h4-7,16-17H,8-15H2,1-3H3. The highest BCUT2D eigenvalue weighted by Gasteiger charge is 2.36. The van der Waals surface area contributed by atoms with Gasteiger partial charge in [0.25, 0.3) is 15.9 Å². The van der Waals surface area contributed by atoms with Gasteiger partial charge in [0, 0.05) is 71.6 Å². The number of hydrogen-bond donors (Lipinski definition) is 0. The number of rotatable bonds is 5. The molecule has 2 aliphatic rings. The zero-order valence-corrected chi connectivity index (χ0v) is 20.9. The van der Waals surface area contributed by atoms with E-state index >= 15 is 0 Å². The van der Waals surface area contributed by atoms with Gasteiger partial charge in [-0.3, -0.25) is 14.4 Å². The third-order valence-electron chi connectivity index (χ3n) is 6.37. The molecule has 0 radical (unpaired) electrons. The predicted octanol–water partition coefficient (Wildman–Crippen LogP) is 1.75. The van der Waals surface area contributed by atoms with E-state index in [-0.39, 0.29) is 16.5 Å². The van der Waals surface area contributed by atoms with Crippen LogP contribution in [0.4, 0.5) is 5.69 Å². The van der Waals surface area contributed by atoms with Gasteiger partial charge in [0.05, 0.1) is 16.3 Å². The van der Waals surface area contributed by atoms with Gasteiger partial charge in [-0.25, -0.2) is 8.42 Å². The van der Waals surface area contributed by atoms with Crippen LogP contribution in [0.25, 0.3) is 0 Å². The Bertz CT molecular complexity index is 1100. The molecule has 0 aliphatic carbocycles. The fraction of sp³-hybridized carbons (Fsp3) is 0.545. The van der Waals surface area contributed by atoms with Crippen LogP contribution in [0.3, 0.4) is 0 Å². The number of halogens is 1. The molecule has 3 heterocycles. The number of nitrogens with zero attached hydrogens (tertiary/aromatic N) is 6. The molecule has 0 N–H and O–H groups in total. The van der Waals surface area contributed by atoms with Gasteiger partial charge >= 0.3 is 0 Å². The SMILES string of the molecule is CC(C)N1CCN(C(=O)c2cn(C)nc2S(=O)(=O)N2CCN(c3ccccc3Cl)CC2)CC1. The fourth-order valence-electron chi connectivity index (χ4n) is 4.42. The molecule has 4 rings (SSSR count). The molecule has 180 valence electrons. The van der Waals surface area contributed by atoms with Crippen LogP contribution < -0.4 is 4.90 Å². The average Bonchev–Trinajstić information content (AvgIpc) is 3.21. The summed E-state index contributed by atoms with van der Waals surface area (Å²) in [6.45, 7) is 8.57. The molecule has 1 amide bonds. The summed E-state index contributed by atoms with van der Waals surface area (Å²) in [6.07, 6.45) is 1.52. The topological polar surface area (TPSA) is 82.0 Å². The number of hydrogen-bond acceptors (Lipinski definition) is 6. The van der Waals surface area contributed by atoms with E-state index < -0.39 is 10.0 Å². The fourth-order valence-corrected chi connectivity index (χ4v) is 6.21. The lowest BCUT2D eigenvalue weighted by atomic mass is 10.2. The summed E-state index contributed by atoms with van der Waals surface area (Å²) in [4.78, 5) is 19.4. The summed E-state index contributed by atoms with van der Waals surface area (Å²) in [6, 6.07) is 7.96. The lowest BCUT2D eigenvalue weighted by Gasteiger charge is -2.37. The molecule has 2 aromatic rings. The molecule has 0 spiro atoms. The number of amides is 1. The van der Waals surface area contributed by atoms with Crippen LogP contribution in [-0.2, 0) is 17.1 Å². The minimum absolute atomic E-state index is 0.143. The smallest absolute Gasteiger partial charge is 0.263 e. The Labute approximate surface area is 200 Å². The van der Waals surface area contributed by atoms with Crippen LogP contribution >= 0.6 is 11.6 Å². The molecule has 11 heteroatoms. The molecule has 1 aromatic heterocycles. The van der Waals surface area contributed by atoms with E-state index in [9.17, 15) is 13.2 Å². The first-order valence-electron chi connectivity index (χ1n) is 11.2. The highest BCUT2D eigenvalue weighted by molar-refractivity contribution is 7.89. The van der Waals surface area contributed by atoms with Crippen molar-refractivity contribution < 1.29 is 13.2 Å². The first-order valence-corrected chi connectivity index (χ1v) is 13.1. The van der Waals surface area contributed by atoms with Gasteiger partial charge in [-0.1, -0.05) is 23.7 Å². The van der Waals surface area contributed by atoms with Crippen molar-refractivity contribution in [1.29, 1.82) is 0 Å². The Hall–Kier alpha value is -2.14. The molecule has 0 atom stereocenters. The Kier molecular flexibility index (Phi) is 6.99. The molecule has 9 nitrogen and oxygen atoms in total. The lowest BCUT2D eigenvalue weighted by molar-refractivity contribution is 0.0591. The Morgan fingerprint density at radius 3 is 2.24 bits per heavy atom. The number of aryl methyl sites for hydroxylation is 1. The molecule has 2 aliphatic heterocycles. The van der Waals surface area contributed by atoms with Gasteiger partial charge in [0.1, 0.15) is 0 Å². The van der Waals surface area contributed by atoms with Crippen LogP contribution in [0.2, 0.25) is 5.02 Å². The molecular formula is C22H31ClN6O3S. The minimum atomic E-state index is -3.91. The number of aromatic nitrogens is 2. The predicted molar refractivity (Wildman–Crippen MR) is 128 cm³/mol. The maximum Gasteiger partial charge on any atom is 0.263 e. The molecule has 0 saturated carbocycles. The molecule has 33 heavy (non-hydrogen) atoms. The third-order valence-corrected chi connectivity index (χ3v) is 8.53. The van der Waals surface area contributed by atoms with E-state index in [0.29, 0.717) is 50.3 Å². The van der Waals surface area contributed by atoms with Crippen LogP contribution in [0.5, 0.6) is 0 Å². The quantitative estimate of drug-likeness (QED) is 0.630. The van der Waals surface area contributed by atoms with Crippen molar-refractivity contribution >= 4 is 33.2 Å². The number of benzene rings is 1. The summed E-state index contributed by atoms with van der Waals surface area (Å²) in [7, 11) is -2.27. The monoisotopic (exact) mass is 494 g/mol.